The number of nitrogens with zero attached hydrogens (tertiary/aromatic N) is 1. The normalized spacial score (nSPS) is 16.6. The lowest BCUT2D eigenvalue weighted by Gasteiger charge is -2.28. The molecule has 0 N–H and O–H groups in total. The first-order valence-corrected chi connectivity index (χ1v) is 7.99. The summed E-state index contributed by atoms with van der Waals surface area (Å²) in [4.78, 5) is 14.5. The summed E-state index contributed by atoms with van der Waals surface area (Å²) in [5, 5.41) is 0. The number of methoxy groups -OCH3 is 1. The molecular weight excluding hydrogens is 306 g/mol. The molecule has 2 aromatic carbocycles. The molecule has 0 aliphatic carbocycles. The number of benzene rings is 2. The molecule has 2 aromatic rings. The zero-order chi connectivity index (χ0) is 16.8. The molecule has 1 aliphatic heterocycles. The molecule has 1 amide bonds. The molecule has 5 heteroatoms. The van der Waals surface area contributed by atoms with Gasteiger partial charge >= 0.3 is 0 Å². The lowest BCUT2D eigenvalue weighted by atomic mass is 10.2. The first-order valence-electron chi connectivity index (χ1n) is 7.99. The van der Waals surface area contributed by atoms with E-state index in [-0.39, 0.29) is 18.6 Å². The van der Waals surface area contributed by atoms with Crippen molar-refractivity contribution in [2.75, 3.05) is 31.8 Å². The van der Waals surface area contributed by atoms with Crippen molar-refractivity contribution in [3.05, 3.63) is 54.6 Å². The Bertz CT molecular complexity index is 651. The van der Waals surface area contributed by atoms with E-state index in [1.807, 2.05) is 30.3 Å². The molecule has 1 aliphatic rings. The van der Waals surface area contributed by atoms with Crippen molar-refractivity contribution in [1.82, 2.24) is 0 Å². The van der Waals surface area contributed by atoms with Crippen LogP contribution < -0.4 is 14.4 Å². The Morgan fingerprint density at radius 1 is 1.12 bits per heavy atom. The van der Waals surface area contributed by atoms with Crippen LogP contribution in [0.25, 0.3) is 0 Å². The van der Waals surface area contributed by atoms with Crippen LogP contribution in [0, 0.1) is 0 Å². The number of para-hydroxylation sites is 1. The fraction of sp³-hybridized carbons (Fsp3) is 0.316. The van der Waals surface area contributed by atoms with Crippen LogP contribution in [-0.2, 0) is 9.53 Å². The smallest absolute Gasteiger partial charge is 0.265 e. The summed E-state index contributed by atoms with van der Waals surface area (Å²) in [5.74, 6) is 1.31. The molecule has 1 unspecified atom stereocenters. The van der Waals surface area contributed by atoms with Crippen molar-refractivity contribution in [3.63, 3.8) is 0 Å². The molecule has 1 atom stereocenters. The van der Waals surface area contributed by atoms with E-state index >= 15 is 0 Å². The average molecular weight is 327 g/mol. The van der Waals surface area contributed by atoms with E-state index in [2.05, 4.69) is 0 Å². The van der Waals surface area contributed by atoms with E-state index in [1.54, 1.807) is 36.3 Å². The number of ether oxygens (including phenoxy) is 3. The number of amides is 1. The SMILES string of the molecule is COc1ccc(OCC(=O)N(c2ccccc2)C2CCOC2)cc1. The van der Waals surface area contributed by atoms with Gasteiger partial charge < -0.3 is 19.1 Å². The van der Waals surface area contributed by atoms with Crippen LogP contribution in [0.15, 0.2) is 54.6 Å². The molecule has 1 saturated heterocycles. The first kappa shape index (κ1) is 16.3. The standard InChI is InChI=1S/C19H21NO4/c1-22-17-7-9-18(10-8-17)24-14-19(21)20(16-11-12-23-13-16)15-5-3-2-4-6-15/h2-10,16H,11-14H2,1H3. The van der Waals surface area contributed by atoms with Crippen molar-refractivity contribution in [2.45, 2.75) is 12.5 Å². The number of rotatable bonds is 6. The van der Waals surface area contributed by atoms with Crippen LogP contribution in [0.1, 0.15) is 6.42 Å². The molecule has 3 rings (SSSR count). The zero-order valence-corrected chi connectivity index (χ0v) is 13.7. The minimum atomic E-state index is -0.0764. The van der Waals surface area contributed by atoms with Gasteiger partial charge in [0.1, 0.15) is 11.5 Å². The fourth-order valence-corrected chi connectivity index (χ4v) is 2.76. The molecule has 0 aromatic heterocycles. The third-order valence-corrected chi connectivity index (χ3v) is 4.00. The highest BCUT2D eigenvalue weighted by Crippen LogP contribution is 2.23. The Kier molecular flexibility index (Phi) is 5.33. The van der Waals surface area contributed by atoms with Gasteiger partial charge in [-0.25, -0.2) is 0 Å². The Labute approximate surface area is 141 Å². The van der Waals surface area contributed by atoms with E-state index in [0.717, 1.165) is 17.9 Å². The Hall–Kier alpha value is -2.53. The maximum atomic E-state index is 12.7. The number of anilines is 1. The molecule has 5 nitrogen and oxygen atoms in total. The van der Waals surface area contributed by atoms with E-state index in [4.69, 9.17) is 14.2 Å². The van der Waals surface area contributed by atoms with Gasteiger partial charge in [-0.1, -0.05) is 18.2 Å². The van der Waals surface area contributed by atoms with Crippen molar-refractivity contribution in [3.8, 4) is 11.5 Å². The summed E-state index contributed by atoms with van der Waals surface area (Å²) in [7, 11) is 1.61. The third kappa shape index (κ3) is 3.86. The van der Waals surface area contributed by atoms with Crippen LogP contribution in [0.4, 0.5) is 5.69 Å². The van der Waals surface area contributed by atoms with Crippen molar-refractivity contribution >= 4 is 11.6 Å². The van der Waals surface area contributed by atoms with Gasteiger partial charge in [0.2, 0.25) is 0 Å². The topological polar surface area (TPSA) is 48.0 Å². The molecule has 0 radical (unpaired) electrons. The number of hydrogen-bond donors (Lipinski definition) is 0. The molecule has 1 heterocycles. The van der Waals surface area contributed by atoms with Gasteiger partial charge in [-0.15, -0.1) is 0 Å². The van der Waals surface area contributed by atoms with Crippen molar-refractivity contribution < 1.29 is 19.0 Å². The van der Waals surface area contributed by atoms with Crippen LogP contribution in [0.5, 0.6) is 11.5 Å². The summed E-state index contributed by atoms with van der Waals surface area (Å²) in [5.41, 5.74) is 0.872. The van der Waals surface area contributed by atoms with Gasteiger partial charge in [0.05, 0.1) is 19.8 Å². The first-order chi connectivity index (χ1) is 11.8. The highest BCUT2D eigenvalue weighted by atomic mass is 16.5. The van der Waals surface area contributed by atoms with Crippen LogP contribution in [-0.4, -0.2) is 38.9 Å². The second-order valence-corrected chi connectivity index (χ2v) is 5.58. The average Bonchev–Trinajstić information content (AvgIpc) is 3.15. The van der Waals surface area contributed by atoms with E-state index in [0.29, 0.717) is 19.0 Å². The van der Waals surface area contributed by atoms with Crippen molar-refractivity contribution in [2.24, 2.45) is 0 Å². The zero-order valence-electron chi connectivity index (χ0n) is 13.7. The van der Waals surface area contributed by atoms with Crippen LogP contribution in [0.3, 0.4) is 0 Å². The summed E-state index contributed by atoms with van der Waals surface area (Å²) in [6.07, 6.45) is 0.836. The molecule has 0 bridgehead atoms. The van der Waals surface area contributed by atoms with E-state index < -0.39 is 0 Å². The Balaban J connectivity index is 1.69. The molecule has 0 spiro atoms. The lowest BCUT2D eigenvalue weighted by Crippen LogP contribution is -2.43. The molecular formula is C19H21NO4. The van der Waals surface area contributed by atoms with E-state index in [9.17, 15) is 4.79 Å². The summed E-state index contributed by atoms with van der Waals surface area (Å²) >= 11 is 0. The summed E-state index contributed by atoms with van der Waals surface area (Å²) < 4.78 is 16.2. The molecule has 126 valence electrons. The lowest BCUT2D eigenvalue weighted by molar-refractivity contribution is -0.121. The summed E-state index contributed by atoms with van der Waals surface area (Å²) in [6, 6.07) is 16.9. The van der Waals surface area contributed by atoms with Gasteiger partial charge in [-0.2, -0.15) is 0 Å². The Morgan fingerprint density at radius 2 is 1.83 bits per heavy atom. The predicted octanol–water partition coefficient (Wildman–Crippen LogP) is 2.90. The van der Waals surface area contributed by atoms with Crippen LogP contribution >= 0.6 is 0 Å². The highest BCUT2D eigenvalue weighted by molar-refractivity contribution is 5.95. The summed E-state index contributed by atoms with van der Waals surface area (Å²) in [6.45, 7) is 1.22. The van der Waals surface area contributed by atoms with Crippen molar-refractivity contribution in [1.29, 1.82) is 0 Å². The second-order valence-electron chi connectivity index (χ2n) is 5.58. The van der Waals surface area contributed by atoms with E-state index in [1.165, 1.54) is 0 Å². The minimum absolute atomic E-state index is 0.0161. The number of carbonyl (C=O) groups excluding carboxylic acids is 1. The number of hydrogen-bond acceptors (Lipinski definition) is 4. The third-order valence-electron chi connectivity index (χ3n) is 4.00. The molecule has 0 saturated carbocycles. The fourth-order valence-electron chi connectivity index (χ4n) is 2.76. The highest BCUT2D eigenvalue weighted by Gasteiger charge is 2.28. The monoisotopic (exact) mass is 327 g/mol. The quantitative estimate of drug-likeness (QED) is 0.818. The minimum Gasteiger partial charge on any atom is -0.497 e. The largest absolute Gasteiger partial charge is 0.497 e. The van der Waals surface area contributed by atoms with Gasteiger partial charge in [-0.3, -0.25) is 4.79 Å². The second kappa shape index (κ2) is 7.84. The van der Waals surface area contributed by atoms with Gasteiger partial charge in [0.15, 0.2) is 6.61 Å². The predicted molar refractivity (Wildman–Crippen MR) is 91.6 cm³/mol. The Morgan fingerprint density at radius 3 is 2.46 bits per heavy atom. The molecule has 24 heavy (non-hydrogen) atoms. The van der Waals surface area contributed by atoms with Crippen LogP contribution in [0.2, 0.25) is 0 Å². The van der Waals surface area contributed by atoms with Gasteiger partial charge in [0.25, 0.3) is 5.91 Å². The maximum absolute atomic E-state index is 12.7. The maximum Gasteiger partial charge on any atom is 0.265 e. The van der Waals surface area contributed by atoms with Gasteiger partial charge in [0, 0.05) is 12.3 Å². The number of carbonyl (C=O) groups is 1. The van der Waals surface area contributed by atoms with Gasteiger partial charge in [-0.05, 0) is 42.8 Å². The molecule has 1 fully saturated rings.